The quantitative estimate of drug-likeness (QED) is 0.293. The Morgan fingerprint density at radius 2 is 1.68 bits per heavy atom. The lowest BCUT2D eigenvalue weighted by molar-refractivity contribution is -0.135. The first-order chi connectivity index (χ1) is 19.3. The number of phenolic OH excluding ortho intramolecular Hbond substituents is 3. The van der Waals surface area contributed by atoms with Crippen molar-refractivity contribution in [2.24, 2.45) is 0 Å². The van der Waals surface area contributed by atoms with Gasteiger partial charge in [0.2, 0.25) is 11.7 Å². The molecule has 0 bridgehead atoms. The third-order valence-electron chi connectivity index (χ3n) is 7.10. The van der Waals surface area contributed by atoms with Crippen molar-refractivity contribution in [3.8, 4) is 40.1 Å². The molecule has 2 heterocycles. The lowest BCUT2D eigenvalue weighted by atomic mass is 9.85. The monoisotopic (exact) mass is 547 g/mol. The number of carbonyl (C=O) groups is 1. The number of nitrogens with zero attached hydrogens (tertiary/aromatic N) is 1. The van der Waals surface area contributed by atoms with Gasteiger partial charge in [-0.2, -0.15) is 0 Å². The van der Waals surface area contributed by atoms with Gasteiger partial charge in [0.1, 0.15) is 28.2 Å². The number of rotatable bonds is 7. The van der Waals surface area contributed by atoms with Crippen LogP contribution in [0.5, 0.6) is 28.7 Å². The number of amides is 1. The number of hydrogen-bond donors (Lipinski definition) is 3. The average molecular weight is 548 g/mol. The van der Waals surface area contributed by atoms with Crippen LogP contribution in [0.15, 0.2) is 63.8 Å². The standard InChI is InChI=1S/C30H29NO9/c1-37-18-8-9-19(23(14-18)38-2)20(15-24(33)31-10-12-39-13-11-31)25-27(34)29(36)28(35)26-21(32)16-22(40-30(25)26)17-6-4-3-5-7-17/h3-9,14,16,20,34-36H,10-13,15H2,1-2H3. The first-order valence-corrected chi connectivity index (χ1v) is 12.7. The van der Waals surface area contributed by atoms with Crippen molar-refractivity contribution in [3.63, 3.8) is 0 Å². The van der Waals surface area contributed by atoms with E-state index in [0.29, 0.717) is 48.9 Å². The van der Waals surface area contributed by atoms with Gasteiger partial charge in [-0.1, -0.05) is 36.4 Å². The van der Waals surface area contributed by atoms with Crippen LogP contribution >= 0.6 is 0 Å². The van der Waals surface area contributed by atoms with E-state index in [4.69, 9.17) is 18.6 Å². The fourth-order valence-corrected chi connectivity index (χ4v) is 5.03. The highest BCUT2D eigenvalue weighted by Gasteiger charge is 2.34. The number of phenols is 3. The molecule has 0 spiro atoms. The van der Waals surface area contributed by atoms with Crippen LogP contribution in [-0.2, 0) is 9.53 Å². The number of hydrogen-bond acceptors (Lipinski definition) is 9. The highest BCUT2D eigenvalue weighted by Crippen LogP contribution is 2.50. The molecule has 1 fully saturated rings. The summed E-state index contributed by atoms with van der Waals surface area (Å²) >= 11 is 0. The Balaban J connectivity index is 1.79. The molecule has 1 unspecified atom stereocenters. The van der Waals surface area contributed by atoms with Gasteiger partial charge in [0.25, 0.3) is 0 Å². The predicted molar refractivity (Wildman–Crippen MR) is 146 cm³/mol. The molecule has 0 saturated carbocycles. The molecule has 1 aromatic heterocycles. The van der Waals surface area contributed by atoms with Crippen molar-refractivity contribution >= 4 is 16.9 Å². The summed E-state index contributed by atoms with van der Waals surface area (Å²) in [5.74, 6) is -2.59. The van der Waals surface area contributed by atoms with Gasteiger partial charge in [-0.05, 0) is 6.07 Å². The van der Waals surface area contributed by atoms with E-state index in [2.05, 4.69) is 0 Å². The Kier molecular flexibility index (Phi) is 7.52. The summed E-state index contributed by atoms with van der Waals surface area (Å²) in [5, 5.41) is 32.4. The van der Waals surface area contributed by atoms with E-state index in [1.807, 2.05) is 6.07 Å². The average Bonchev–Trinajstić information content (AvgIpc) is 2.99. The predicted octanol–water partition coefficient (Wildman–Crippen LogP) is 3.97. The largest absolute Gasteiger partial charge is 0.504 e. The summed E-state index contributed by atoms with van der Waals surface area (Å²) in [6.45, 7) is 1.58. The first-order valence-electron chi connectivity index (χ1n) is 12.7. The molecule has 1 aliphatic heterocycles. The molecular formula is C30H29NO9. The number of fused-ring (bicyclic) bond motifs is 1. The van der Waals surface area contributed by atoms with Gasteiger partial charge in [0.15, 0.2) is 16.9 Å². The van der Waals surface area contributed by atoms with E-state index < -0.39 is 28.6 Å². The number of benzene rings is 3. The Hall–Kier alpha value is -4.70. The Morgan fingerprint density at radius 1 is 0.950 bits per heavy atom. The second kappa shape index (κ2) is 11.2. The molecule has 10 heteroatoms. The van der Waals surface area contributed by atoms with Crippen LogP contribution in [-0.4, -0.2) is 66.6 Å². The fraction of sp³-hybridized carbons (Fsp3) is 0.267. The third kappa shape index (κ3) is 4.89. The lowest BCUT2D eigenvalue weighted by Gasteiger charge is -2.29. The number of methoxy groups -OCH3 is 2. The molecule has 0 radical (unpaired) electrons. The fourth-order valence-electron chi connectivity index (χ4n) is 5.03. The molecule has 0 aliphatic carbocycles. The molecule has 1 saturated heterocycles. The Labute approximate surface area is 229 Å². The SMILES string of the molecule is COc1ccc(C(CC(=O)N2CCOCC2)c2c(O)c(O)c(O)c3c(=O)cc(-c4ccccc4)oc23)c(OC)c1. The number of morpholine rings is 1. The van der Waals surface area contributed by atoms with Gasteiger partial charge in [-0.25, -0.2) is 0 Å². The van der Waals surface area contributed by atoms with Gasteiger partial charge >= 0.3 is 0 Å². The van der Waals surface area contributed by atoms with E-state index >= 15 is 0 Å². The van der Waals surface area contributed by atoms with Crippen LogP contribution in [0.2, 0.25) is 0 Å². The van der Waals surface area contributed by atoms with E-state index in [-0.39, 0.29) is 34.6 Å². The molecule has 10 nitrogen and oxygen atoms in total. The van der Waals surface area contributed by atoms with Crippen LogP contribution in [0.4, 0.5) is 0 Å². The second-order valence-electron chi connectivity index (χ2n) is 9.36. The summed E-state index contributed by atoms with van der Waals surface area (Å²) in [4.78, 5) is 28.5. The molecule has 1 atom stereocenters. The zero-order valence-electron chi connectivity index (χ0n) is 22.0. The van der Waals surface area contributed by atoms with Gasteiger partial charge in [0.05, 0.1) is 27.4 Å². The van der Waals surface area contributed by atoms with Crippen LogP contribution in [0, 0.1) is 0 Å². The molecule has 4 aromatic rings. The molecule has 40 heavy (non-hydrogen) atoms. The van der Waals surface area contributed by atoms with Crippen molar-refractivity contribution in [3.05, 3.63) is 75.9 Å². The van der Waals surface area contributed by atoms with Crippen molar-refractivity contribution in [1.29, 1.82) is 0 Å². The van der Waals surface area contributed by atoms with E-state index in [0.717, 1.165) is 0 Å². The van der Waals surface area contributed by atoms with Gasteiger partial charge in [0, 0.05) is 54.3 Å². The smallest absolute Gasteiger partial charge is 0.223 e. The summed E-state index contributed by atoms with van der Waals surface area (Å²) in [7, 11) is 2.96. The summed E-state index contributed by atoms with van der Waals surface area (Å²) in [6, 6.07) is 15.1. The zero-order chi connectivity index (χ0) is 28.4. The highest BCUT2D eigenvalue weighted by atomic mass is 16.5. The molecule has 1 aliphatic rings. The normalized spacial score (nSPS) is 14.2. The molecule has 1 amide bonds. The molecule has 208 valence electrons. The lowest BCUT2D eigenvalue weighted by Crippen LogP contribution is -2.41. The van der Waals surface area contributed by atoms with E-state index in [1.54, 1.807) is 47.4 Å². The first kappa shape index (κ1) is 26.9. The van der Waals surface area contributed by atoms with Crippen LogP contribution in [0.1, 0.15) is 23.5 Å². The minimum atomic E-state index is -0.959. The maximum Gasteiger partial charge on any atom is 0.223 e. The van der Waals surface area contributed by atoms with Crippen molar-refractivity contribution < 1.29 is 38.7 Å². The minimum absolute atomic E-state index is 0.0368. The van der Waals surface area contributed by atoms with Gasteiger partial charge < -0.3 is 38.8 Å². The molecule has 3 N–H and O–H groups in total. The number of ether oxygens (including phenoxy) is 3. The van der Waals surface area contributed by atoms with Gasteiger partial charge in [-0.15, -0.1) is 0 Å². The Morgan fingerprint density at radius 3 is 2.35 bits per heavy atom. The summed E-state index contributed by atoms with van der Waals surface area (Å²) < 4.78 is 22.5. The topological polar surface area (TPSA) is 139 Å². The Bertz CT molecular complexity index is 1610. The third-order valence-corrected chi connectivity index (χ3v) is 7.10. The molecule has 5 rings (SSSR count). The maximum atomic E-state index is 13.6. The van der Waals surface area contributed by atoms with Crippen molar-refractivity contribution in [1.82, 2.24) is 4.90 Å². The summed E-state index contributed by atoms with van der Waals surface area (Å²) in [5.41, 5.74) is 0.234. The van der Waals surface area contributed by atoms with Crippen LogP contribution in [0.3, 0.4) is 0 Å². The summed E-state index contributed by atoms with van der Waals surface area (Å²) in [6.07, 6.45) is -0.172. The van der Waals surface area contributed by atoms with E-state index in [9.17, 15) is 24.9 Å². The molecular weight excluding hydrogens is 518 g/mol. The van der Waals surface area contributed by atoms with Crippen LogP contribution < -0.4 is 14.9 Å². The minimum Gasteiger partial charge on any atom is -0.504 e. The van der Waals surface area contributed by atoms with Crippen molar-refractivity contribution in [2.45, 2.75) is 12.3 Å². The zero-order valence-corrected chi connectivity index (χ0v) is 22.0. The number of carbonyl (C=O) groups excluding carboxylic acids is 1. The van der Waals surface area contributed by atoms with Crippen LogP contribution in [0.25, 0.3) is 22.3 Å². The van der Waals surface area contributed by atoms with Crippen molar-refractivity contribution in [2.75, 3.05) is 40.5 Å². The molecule has 3 aromatic carbocycles. The number of aromatic hydroxyl groups is 3. The van der Waals surface area contributed by atoms with Gasteiger partial charge in [-0.3, -0.25) is 9.59 Å². The maximum absolute atomic E-state index is 13.6. The second-order valence-corrected chi connectivity index (χ2v) is 9.36. The highest BCUT2D eigenvalue weighted by molar-refractivity contribution is 5.94. The van der Waals surface area contributed by atoms with E-state index in [1.165, 1.54) is 20.3 Å².